The zero-order chi connectivity index (χ0) is 15.4. The minimum absolute atomic E-state index is 0.147. The van der Waals surface area contributed by atoms with Crippen molar-refractivity contribution < 1.29 is 13.6 Å². The highest BCUT2D eigenvalue weighted by Crippen LogP contribution is 2.19. The van der Waals surface area contributed by atoms with Gasteiger partial charge in [0.1, 0.15) is 5.82 Å². The molecule has 0 aliphatic heterocycles. The van der Waals surface area contributed by atoms with Crippen molar-refractivity contribution >= 4 is 5.91 Å². The molecular formula is C15H11FN4O2. The van der Waals surface area contributed by atoms with Crippen LogP contribution in [0.5, 0.6) is 0 Å². The third-order valence-electron chi connectivity index (χ3n) is 2.95. The number of amides is 1. The zero-order valence-corrected chi connectivity index (χ0v) is 11.4. The number of furan rings is 1. The lowest BCUT2D eigenvalue weighted by Crippen LogP contribution is -2.24. The zero-order valence-electron chi connectivity index (χ0n) is 11.4. The van der Waals surface area contributed by atoms with E-state index in [0.717, 1.165) is 17.8 Å². The Balaban J connectivity index is 1.76. The summed E-state index contributed by atoms with van der Waals surface area (Å²) in [5, 5.41) is 2.67. The molecule has 6 nitrogen and oxygen atoms in total. The molecule has 1 amide bonds. The Kier molecular flexibility index (Phi) is 3.86. The van der Waals surface area contributed by atoms with Crippen LogP contribution < -0.4 is 5.32 Å². The molecule has 0 bridgehead atoms. The fourth-order valence-electron chi connectivity index (χ4n) is 1.94. The van der Waals surface area contributed by atoms with Crippen LogP contribution in [0, 0.1) is 5.82 Å². The number of carbonyl (C=O) groups is 1. The van der Waals surface area contributed by atoms with Crippen molar-refractivity contribution in [2.45, 2.75) is 6.54 Å². The summed E-state index contributed by atoms with van der Waals surface area (Å²) in [6.07, 6.45) is 8.51. The third kappa shape index (κ3) is 2.98. The molecule has 3 aromatic heterocycles. The van der Waals surface area contributed by atoms with Crippen molar-refractivity contribution in [1.82, 2.24) is 20.3 Å². The average Bonchev–Trinajstić information content (AvgIpc) is 3.07. The van der Waals surface area contributed by atoms with Gasteiger partial charge >= 0.3 is 0 Å². The molecule has 0 spiro atoms. The predicted molar refractivity (Wildman–Crippen MR) is 75.1 cm³/mol. The van der Waals surface area contributed by atoms with E-state index >= 15 is 0 Å². The molecule has 0 saturated heterocycles. The Bertz CT molecular complexity index is 790. The Hall–Kier alpha value is -3.09. The van der Waals surface area contributed by atoms with Gasteiger partial charge < -0.3 is 9.73 Å². The van der Waals surface area contributed by atoms with Crippen molar-refractivity contribution in [3.8, 4) is 11.3 Å². The minimum Gasteiger partial charge on any atom is -0.472 e. The average molecular weight is 298 g/mol. The molecule has 110 valence electrons. The fourth-order valence-corrected chi connectivity index (χ4v) is 1.94. The van der Waals surface area contributed by atoms with Gasteiger partial charge in [-0.25, -0.2) is 4.39 Å². The van der Waals surface area contributed by atoms with Crippen LogP contribution in [0.3, 0.4) is 0 Å². The third-order valence-corrected chi connectivity index (χ3v) is 2.95. The van der Waals surface area contributed by atoms with Crippen LogP contribution in [-0.4, -0.2) is 20.9 Å². The predicted octanol–water partition coefficient (Wildman–Crippen LogP) is 2.20. The van der Waals surface area contributed by atoms with Gasteiger partial charge in [-0.3, -0.25) is 19.7 Å². The lowest BCUT2D eigenvalue weighted by Gasteiger charge is -2.07. The molecule has 0 atom stereocenters. The second kappa shape index (κ2) is 6.13. The van der Waals surface area contributed by atoms with Crippen molar-refractivity contribution in [3.05, 3.63) is 66.5 Å². The van der Waals surface area contributed by atoms with Crippen molar-refractivity contribution in [2.24, 2.45) is 0 Å². The summed E-state index contributed by atoms with van der Waals surface area (Å²) in [6.45, 7) is 0.156. The van der Waals surface area contributed by atoms with E-state index in [1.165, 1.54) is 18.7 Å². The van der Waals surface area contributed by atoms with Crippen LogP contribution >= 0.6 is 0 Å². The first-order chi connectivity index (χ1) is 10.7. The molecule has 3 aromatic rings. The number of carbonyl (C=O) groups excluding carboxylic acids is 1. The highest BCUT2D eigenvalue weighted by atomic mass is 19.1. The van der Waals surface area contributed by atoms with E-state index in [4.69, 9.17) is 4.42 Å². The van der Waals surface area contributed by atoms with E-state index < -0.39 is 11.7 Å². The Morgan fingerprint density at radius 3 is 2.91 bits per heavy atom. The lowest BCUT2D eigenvalue weighted by molar-refractivity contribution is 0.0949. The Morgan fingerprint density at radius 1 is 1.27 bits per heavy atom. The van der Waals surface area contributed by atoms with E-state index in [2.05, 4.69) is 20.3 Å². The normalized spacial score (nSPS) is 10.4. The van der Waals surface area contributed by atoms with Crippen molar-refractivity contribution in [1.29, 1.82) is 0 Å². The summed E-state index contributed by atoms with van der Waals surface area (Å²) < 4.78 is 18.1. The summed E-state index contributed by atoms with van der Waals surface area (Å²) >= 11 is 0. The summed E-state index contributed by atoms with van der Waals surface area (Å²) in [5.41, 5.74) is 2.12. The molecule has 3 rings (SSSR count). The van der Waals surface area contributed by atoms with Crippen LogP contribution in [-0.2, 0) is 6.54 Å². The van der Waals surface area contributed by atoms with Gasteiger partial charge in [0.25, 0.3) is 5.91 Å². The van der Waals surface area contributed by atoms with Gasteiger partial charge in [-0.2, -0.15) is 0 Å². The quantitative estimate of drug-likeness (QED) is 0.798. The summed E-state index contributed by atoms with van der Waals surface area (Å²) in [7, 11) is 0. The van der Waals surface area contributed by atoms with E-state index in [0.29, 0.717) is 11.4 Å². The SMILES string of the molecule is O=C(NCc1nccnc1-c1ccoc1)c1cncc(F)c1. The maximum Gasteiger partial charge on any atom is 0.253 e. The lowest BCUT2D eigenvalue weighted by atomic mass is 10.2. The summed E-state index contributed by atoms with van der Waals surface area (Å²) in [4.78, 5) is 24.1. The maximum atomic E-state index is 13.1. The molecule has 0 aliphatic carbocycles. The molecule has 0 aliphatic rings. The van der Waals surface area contributed by atoms with Crippen LogP contribution in [0.2, 0.25) is 0 Å². The topological polar surface area (TPSA) is 80.9 Å². The van der Waals surface area contributed by atoms with Crippen molar-refractivity contribution in [3.63, 3.8) is 0 Å². The molecular weight excluding hydrogens is 287 g/mol. The van der Waals surface area contributed by atoms with Gasteiger partial charge in [0, 0.05) is 24.2 Å². The van der Waals surface area contributed by atoms with Gasteiger partial charge in [0.05, 0.1) is 42.2 Å². The second-order valence-electron chi connectivity index (χ2n) is 4.44. The monoisotopic (exact) mass is 298 g/mol. The number of halogens is 1. The molecule has 1 N–H and O–H groups in total. The number of rotatable bonds is 4. The standard InChI is InChI=1S/C15H11FN4O2/c16-12-5-11(6-17-7-12)15(21)20-8-13-14(19-3-2-18-13)10-1-4-22-9-10/h1-7,9H,8H2,(H,20,21). The molecule has 22 heavy (non-hydrogen) atoms. The van der Waals surface area contributed by atoms with Crippen LogP contribution in [0.15, 0.2) is 53.9 Å². The van der Waals surface area contributed by atoms with Gasteiger partial charge in [0.2, 0.25) is 0 Å². The number of hydrogen-bond acceptors (Lipinski definition) is 5. The van der Waals surface area contributed by atoms with E-state index in [-0.39, 0.29) is 12.1 Å². The Labute approximate surface area is 125 Å². The van der Waals surface area contributed by atoms with E-state index in [1.807, 2.05) is 0 Å². The number of aromatic nitrogens is 3. The van der Waals surface area contributed by atoms with Crippen molar-refractivity contribution in [2.75, 3.05) is 0 Å². The molecule has 0 aromatic carbocycles. The summed E-state index contributed by atoms with van der Waals surface area (Å²) in [6, 6.07) is 2.88. The van der Waals surface area contributed by atoms with Crippen LogP contribution in [0.25, 0.3) is 11.3 Å². The highest BCUT2D eigenvalue weighted by molar-refractivity contribution is 5.93. The van der Waals surface area contributed by atoms with Gasteiger partial charge in [0.15, 0.2) is 0 Å². The summed E-state index contributed by atoms with van der Waals surface area (Å²) in [5.74, 6) is -0.998. The maximum absolute atomic E-state index is 13.1. The Morgan fingerprint density at radius 2 is 2.14 bits per heavy atom. The van der Waals surface area contributed by atoms with Gasteiger partial charge in [-0.05, 0) is 12.1 Å². The molecule has 0 radical (unpaired) electrons. The molecule has 0 unspecified atom stereocenters. The first kappa shape index (κ1) is 13.9. The van der Waals surface area contributed by atoms with Crippen LogP contribution in [0.1, 0.15) is 16.1 Å². The van der Waals surface area contributed by atoms with Gasteiger partial charge in [-0.1, -0.05) is 0 Å². The number of nitrogens with zero attached hydrogens (tertiary/aromatic N) is 3. The van der Waals surface area contributed by atoms with E-state index in [9.17, 15) is 9.18 Å². The minimum atomic E-state index is -0.564. The van der Waals surface area contributed by atoms with Gasteiger partial charge in [-0.15, -0.1) is 0 Å². The number of nitrogens with one attached hydrogen (secondary N) is 1. The molecule has 7 heteroatoms. The second-order valence-corrected chi connectivity index (χ2v) is 4.44. The number of pyridine rings is 1. The molecule has 0 fully saturated rings. The largest absolute Gasteiger partial charge is 0.472 e. The first-order valence-corrected chi connectivity index (χ1v) is 6.45. The smallest absolute Gasteiger partial charge is 0.253 e. The highest BCUT2D eigenvalue weighted by Gasteiger charge is 2.12. The molecule has 0 saturated carbocycles. The first-order valence-electron chi connectivity index (χ1n) is 6.45. The van der Waals surface area contributed by atoms with E-state index in [1.54, 1.807) is 18.5 Å². The fraction of sp³-hybridized carbons (Fsp3) is 0.0667. The van der Waals surface area contributed by atoms with Crippen LogP contribution in [0.4, 0.5) is 4.39 Å². The molecule has 3 heterocycles. The number of hydrogen-bond donors (Lipinski definition) is 1.